The Bertz CT molecular complexity index is 2310. The minimum absolute atomic E-state index is 0. The van der Waals surface area contributed by atoms with Gasteiger partial charge in [0, 0.05) is 0 Å². The second-order valence-electron chi connectivity index (χ2n) is 13.0. The second-order valence-corrected chi connectivity index (χ2v) is 13.0. The Morgan fingerprint density at radius 2 is 1.10 bits per heavy atom. The average molecular weight is 744 g/mol. The number of hydrogen-bond acceptors (Lipinski definition) is 0. The fourth-order valence-electron chi connectivity index (χ4n) is 7.20. The maximum absolute atomic E-state index is 3.06. The summed E-state index contributed by atoms with van der Waals surface area (Å²) in [6.45, 7) is 12.1. The van der Waals surface area contributed by atoms with Gasteiger partial charge in [0.2, 0.25) is 0 Å². The van der Waals surface area contributed by atoms with Gasteiger partial charge in [0.05, 0.1) is 0 Å². The Morgan fingerprint density at radius 1 is 0.580 bits per heavy atom. The van der Waals surface area contributed by atoms with E-state index in [0.717, 1.165) is 0 Å². The molecule has 0 aliphatic carbocycles. The van der Waals surface area contributed by atoms with E-state index in [0.29, 0.717) is 5.92 Å². The molecule has 0 amide bonds. The molecule has 0 aliphatic rings. The van der Waals surface area contributed by atoms with Crippen LogP contribution in [0.15, 0.2) is 140 Å². The summed E-state index contributed by atoms with van der Waals surface area (Å²) in [5.41, 5.74) is 9.51. The van der Waals surface area contributed by atoms with E-state index in [1.165, 1.54) is 125 Å². The van der Waals surface area contributed by atoms with E-state index in [9.17, 15) is 0 Å². The van der Waals surface area contributed by atoms with E-state index in [1.54, 1.807) is 0 Å². The van der Waals surface area contributed by atoms with Crippen LogP contribution < -0.4 is 0 Å². The molecule has 0 saturated heterocycles. The van der Waals surface area contributed by atoms with Crippen molar-refractivity contribution in [2.45, 2.75) is 52.9 Å². The van der Waals surface area contributed by atoms with Crippen molar-refractivity contribution in [2.24, 2.45) is 0 Å². The van der Waals surface area contributed by atoms with Crippen LogP contribution in [0.2, 0.25) is 0 Å². The van der Waals surface area contributed by atoms with Crippen molar-refractivity contribution in [3.8, 4) is 22.3 Å². The van der Waals surface area contributed by atoms with Gasteiger partial charge in [-0.2, -0.15) is 12.1 Å². The van der Waals surface area contributed by atoms with Gasteiger partial charge in [-0.1, -0.05) is 149 Å². The minimum atomic E-state index is 0. The molecular formula is C48H48SiZr-4. The molecule has 2 radical (unpaired) electrons. The zero-order valence-electron chi connectivity index (χ0n) is 30.5. The van der Waals surface area contributed by atoms with Gasteiger partial charge in [0.15, 0.2) is 0 Å². The van der Waals surface area contributed by atoms with Gasteiger partial charge in [-0.3, -0.25) is 0 Å². The van der Waals surface area contributed by atoms with Crippen molar-refractivity contribution >= 4 is 50.0 Å². The number of benzene rings is 6. The van der Waals surface area contributed by atoms with E-state index in [4.69, 9.17) is 0 Å². The van der Waals surface area contributed by atoms with Gasteiger partial charge in [-0.15, -0.1) is 68.6 Å². The first kappa shape index (κ1) is 39.0. The molecular weight excluding hydrogens is 696 g/mol. The van der Waals surface area contributed by atoms with Crippen LogP contribution in [0.25, 0.3) is 65.3 Å². The van der Waals surface area contributed by atoms with Crippen molar-refractivity contribution in [3.63, 3.8) is 0 Å². The molecule has 8 aromatic rings. The van der Waals surface area contributed by atoms with Gasteiger partial charge in [-0.25, -0.2) is 0 Å². The van der Waals surface area contributed by atoms with Gasteiger partial charge in [0.1, 0.15) is 0 Å². The maximum atomic E-state index is 3.06. The summed E-state index contributed by atoms with van der Waals surface area (Å²) in [4.78, 5) is 0. The summed E-state index contributed by atoms with van der Waals surface area (Å²) in [5, 5.41) is 10.7. The summed E-state index contributed by atoms with van der Waals surface area (Å²) < 4.78 is 0. The Balaban J connectivity index is 0.000000209. The van der Waals surface area contributed by atoms with E-state index in [-0.39, 0.29) is 14.9 Å². The quantitative estimate of drug-likeness (QED) is 0.118. The Kier molecular flexibility index (Phi) is 13.9. The van der Waals surface area contributed by atoms with Crippen LogP contribution in [0, 0.1) is 28.7 Å². The second kappa shape index (κ2) is 17.9. The molecule has 0 bridgehead atoms. The third kappa shape index (κ3) is 8.04. The summed E-state index contributed by atoms with van der Waals surface area (Å²) in [6, 6.07) is 51.1. The molecule has 8 rings (SSSR count). The van der Waals surface area contributed by atoms with E-state index >= 15 is 0 Å². The Labute approximate surface area is 317 Å². The molecule has 0 aromatic heterocycles. The van der Waals surface area contributed by atoms with Crippen LogP contribution in [0.3, 0.4) is 0 Å². The molecule has 0 heterocycles. The normalized spacial score (nSPS) is 11.2. The third-order valence-corrected chi connectivity index (χ3v) is 9.74. The van der Waals surface area contributed by atoms with Crippen molar-refractivity contribution in [3.05, 3.63) is 171 Å². The summed E-state index contributed by atoms with van der Waals surface area (Å²) in [6.07, 6.45) is 3.85. The molecule has 1 unspecified atom stereocenters. The number of fused-ring (bicyclic) bond motifs is 4. The molecule has 0 spiro atoms. The van der Waals surface area contributed by atoms with Crippen LogP contribution in [-0.2, 0) is 23.3 Å². The van der Waals surface area contributed by atoms with Crippen LogP contribution in [0.5, 0.6) is 0 Å². The summed E-state index contributed by atoms with van der Waals surface area (Å²) >= 11 is 1.36. The first-order valence-electron chi connectivity index (χ1n) is 17.1. The fraction of sp³-hybridized carbons (Fsp3) is 0.167. The molecule has 50 heavy (non-hydrogen) atoms. The van der Waals surface area contributed by atoms with E-state index in [1.807, 2.05) is 0 Å². The summed E-state index contributed by atoms with van der Waals surface area (Å²) in [7, 11) is 0. The fourth-order valence-corrected chi connectivity index (χ4v) is 7.20. The predicted molar refractivity (Wildman–Crippen MR) is 221 cm³/mol. The van der Waals surface area contributed by atoms with Crippen molar-refractivity contribution in [1.82, 2.24) is 0 Å². The number of rotatable bonds is 6. The standard InChI is InChI=1S/C25H25.C21H17.2CH3.Si.Zr/c1-3-4-9-18(2)21-16-20-12-8-15-24(25(20)17-21)23-14-7-11-19-10-5-6-13-22(19)23;1-14-12-20-15(2)10-11-19(21(20)13-14)18-9-5-7-16-6-3-4-8-17(16)18;;;;/h5-8,10-18H,3-4,9H2,1-2H3;3-13H,1-2H3;2*1H3;;/q4*-1;;. The molecule has 8 aromatic carbocycles. The van der Waals surface area contributed by atoms with Gasteiger partial charge in [-0.05, 0) is 45.0 Å². The molecule has 0 aliphatic heterocycles. The number of unbranched alkanes of at least 4 members (excludes halogenated alkanes) is 1. The van der Waals surface area contributed by atoms with Crippen LogP contribution in [0.4, 0.5) is 0 Å². The van der Waals surface area contributed by atoms with Crippen LogP contribution >= 0.6 is 0 Å². The van der Waals surface area contributed by atoms with Crippen molar-refractivity contribution in [1.29, 1.82) is 0 Å². The summed E-state index contributed by atoms with van der Waals surface area (Å²) in [5.74, 6) is 0.632. The number of hydrogen-bond donors (Lipinski definition) is 0. The predicted octanol–water partition coefficient (Wildman–Crippen LogP) is 14.2. The molecule has 0 saturated carbocycles. The van der Waals surface area contributed by atoms with Gasteiger partial charge in [0.25, 0.3) is 0 Å². The van der Waals surface area contributed by atoms with Crippen molar-refractivity contribution in [2.75, 3.05) is 0 Å². The van der Waals surface area contributed by atoms with Gasteiger partial charge >= 0.3 is 30.2 Å². The van der Waals surface area contributed by atoms with E-state index in [2.05, 4.69) is 174 Å². The molecule has 252 valence electrons. The molecule has 1 atom stereocenters. The third-order valence-electron chi connectivity index (χ3n) is 9.74. The molecule has 2 heteroatoms. The van der Waals surface area contributed by atoms with Gasteiger partial charge < -0.3 is 14.9 Å². The first-order valence-corrected chi connectivity index (χ1v) is 21.3. The Morgan fingerprint density at radius 3 is 1.70 bits per heavy atom. The molecule has 0 fully saturated rings. The van der Waals surface area contributed by atoms with E-state index < -0.39 is 0 Å². The zero-order chi connectivity index (χ0) is 33.6. The molecule has 0 nitrogen and oxygen atoms in total. The monoisotopic (exact) mass is 742 g/mol. The number of aryl methyl sites for hydroxylation is 2. The first-order chi connectivity index (χ1) is 23.5. The van der Waals surface area contributed by atoms with Crippen LogP contribution in [-0.4, -0.2) is 6.88 Å². The zero-order valence-corrected chi connectivity index (χ0v) is 33.9. The molecule has 0 N–H and O–H groups in total. The topological polar surface area (TPSA) is 0 Å². The van der Waals surface area contributed by atoms with Crippen LogP contribution in [0.1, 0.15) is 55.7 Å². The average Bonchev–Trinajstić information content (AvgIpc) is 3.76. The SMILES string of the molecule is CCCCC(C)c1cc2c(-c3cccc4ccccc34)cccc2[cH-]1.Cc1cc2c(-c3cccc4ccccc34)ccc(C)c2[cH-]1.[CH3-].[CH3-].[Si]=[Zr]. The van der Waals surface area contributed by atoms with Crippen molar-refractivity contribution < 1.29 is 23.3 Å². The Hall–Kier alpha value is -3.84.